The zero-order valence-corrected chi connectivity index (χ0v) is 11.0. The minimum atomic E-state index is -0.494. The van der Waals surface area contributed by atoms with Crippen molar-refractivity contribution in [2.75, 3.05) is 19.0 Å². The van der Waals surface area contributed by atoms with Crippen LogP contribution in [0.1, 0.15) is 20.3 Å². The molecule has 5 heteroatoms. The molecular weight excluding hydrogens is 262 g/mol. The molecule has 0 rings (SSSR count). The highest BCUT2D eigenvalue weighted by molar-refractivity contribution is 9.09. The van der Waals surface area contributed by atoms with Crippen molar-refractivity contribution in [2.45, 2.75) is 20.3 Å². The number of halogens is 1. The Bertz CT molecular complexity index is 219. The number of carbonyl (C=O) groups is 2. The number of ether oxygens (including phenoxy) is 1. The molecule has 1 N–H and O–H groups in total. The predicted octanol–water partition coefficient (Wildman–Crippen LogP) is 1.97. The number of methoxy groups -OCH3 is 1. The number of hydrogen-bond donors (Lipinski definition) is 1. The van der Waals surface area contributed by atoms with Crippen LogP contribution in [0.5, 0.6) is 0 Å². The maximum atomic E-state index is 11.5. The van der Waals surface area contributed by atoms with E-state index in [0.29, 0.717) is 17.8 Å². The SMILES string of the molecule is COC(=O)NCC(CC(C)C)C(=O)CBr. The highest BCUT2D eigenvalue weighted by Gasteiger charge is 2.19. The molecule has 0 heterocycles. The molecule has 0 spiro atoms. The average Bonchev–Trinajstić information content (AvgIpc) is 2.21. The number of amides is 1. The normalized spacial score (nSPS) is 12.3. The van der Waals surface area contributed by atoms with Gasteiger partial charge < -0.3 is 10.1 Å². The summed E-state index contributed by atoms with van der Waals surface area (Å²) in [5.74, 6) is 0.404. The third-order valence-corrected chi connectivity index (χ3v) is 2.57. The third-order valence-electron chi connectivity index (χ3n) is 2.02. The number of hydrogen-bond acceptors (Lipinski definition) is 3. The van der Waals surface area contributed by atoms with Crippen LogP contribution in [-0.4, -0.2) is 30.9 Å². The molecule has 0 radical (unpaired) electrons. The van der Waals surface area contributed by atoms with Gasteiger partial charge >= 0.3 is 6.09 Å². The summed E-state index contributed by atoms with van der Waals surface area (Å²) in [6.45, 7) is 4.44. The van der Waals surface area contributed by atoms with Crippen molar-refractivity contribution in [1.82, 2.24) is 5.32 Å². The largest absolute Gasteiger partial charge is 0.453 e. The van der Waals surface area contributed by atoms with E-state index in [0.717, 1.165) is 6.42 Å². The fraction of sp³-hybridized carbons (Fsp3) is 0.800. The molecule has 88 valence electrons. The van der Waals surface area contributed by atoms with Crippen LogP contribution >= 0.6 is 15.9 Å². The van der Waals surface area contributed by atoms with E-state index in [4.69, 9.17) is 0 Å². The van der Waals surface area contributed by atoms with E-state index in [1.165, 1.54) is 7.11 Å². The van der Waals surface area contributed by atoms with Crippen LogP contribution in [0.25, 0.3) is 0 Å². The molecule has 0 saturated carbocycles. The zero-order chi connectivity index (χ0) is 11.8. The summed E-state index contributed by atoms with van der Waals surface area (Å²) in [5, 5.41) is 2.88. The molecule has 0 aliphatic rings. The Balaban J connectivity index is 4.12. The summed E-state index contributed by atoms with van der Waals surface area (Å²) >= 11 is 3.14. The number of alkyl carbamates (subject to hydrolysis) is 1. The first-order valence-electron chi connectivity index (χ1n) is 4.91. The summed E-state index contributed by atoms with van der Waals surface area (Å²) < 4.78 is 4.45. The van der Waals surface area contributed by atoms with Crippen LogP contribution in [0.3, 0.4) is 0 Å². The quantitative estimate of drug-likeness (QED) is 0.757. The first kappa shape index (κ1) is 14.4. The van der Waals surface area contributed by atoms with Gasteiger partial charge in [-0.25, -0.2) is 4.79 Å². The van der Waals surface area contributed by atoms with E-state index in [2.05, 4.69) is 26.0 Å². The van der Waals surface area contributed by atoms with Crippen molar-refractivity contribution < 1.29 is 14.3 Å². The second kappa shape index (κ2) is 7.68. The van der Waals surface area contributed by atoms with E-state index in [1.807, 2.05) is 13.8 Å². The van der Waals surface area contributed by atoms with E-state index in [9.17, 15) is 9.59 Å². The van der Waals surface area contributed by atoms with Crippen molar-refractivity contribution in [3.05, 3.63) is 0 Å². The number of alkyl halides is 1. The van der Waals surface area contributed by atoms with Crippen LogP contribution in [0.15, 0.2) is 0 Å². The van der Waals surface area contributed by atoms with Gasteiger partial charge in [-0.15, -0.1) is 0 Å². The minimum absolute atomic E-state index is 0.111. The standard InChI is InChI=1S/C10H18BrNO3/c1-7(2)4-8(9(13)5-11)6-12-10(14)15-3/h7-8H,4-6H2,1-3H3,(H,12,14). The maximum absolute atomic E-state index is 11.5. The number of nitrogens with one attached hydrogen (secondary N) is 1. The first-order valence-corrected chi connectivity index (χ1v) is 6.03. The Morgan fingerprint density at radius 2 is 2.00 bits per heavy atom. The molecule has 4 nitrogen and oxygen atoms in total. The highest BCUT2D eigenvalue weighted by atomic mass is 79.9. The fourth-order valence-electron chi connectivity index (χ4n) is 1.29. The fourth-order valence-corrected chi connectivity index (χ4v) is 1.74. The Morgan fingerprint density at radius 1 is 1.40 bits per heavy atom. The number of Topliss-reactive ketones (excluding diaryl/α,β-unsaturated/α-hetero) is 1. The predicted molar refractivity (Wildman–Crippen MR) is 62.2 cm³/mol. The maximum Gasteiger partial charge on any atom is 0.406 e. The van der Waals surface area contributed by atoms with Gasteiger partial charge in [-0.1, -0.05) is 29.8 Å². The first-order chi connectivity index (χ1) is 7.01. The van der Waals surface area contributed by atoms with Gasteiger partial charge in [-0.05, 0) is 12.3 Å². The second-order valence-corrected chi connectivity index (χ2v) is 4.36. The van der Waals surface area contributed by atoms with E-state index < -0.39 is 6.09 Å². The van der Waals surface area contributed by atoms with E-state index in [1.54, 1.807) is 0 Å². The lowest BCUT2D eigenvalue weighted by atomic mass is 9.94. The van der Waals surface area contributed by atoms with Crippen molar-refractivity contribution >= 4 is 27.8 Å². The Labute approximate surface area is 98.9 Å². The van der Waals surface area contributed by atoms with Gasteiger partial charge in [0.05, 0.1) is 12.4 Å². The molecule has 1 amide bonds. The molecule has 15 heavy (non-hydrogen) atoms. The lowest BCUT2D eigenvalue weighted by Crippen LogP contribution is -2.34. The average molecular weight is 280 g/mol. The molecule has 0 aromatic heterocycles. The van der Waals surface area contributed by atoms with Crippen molar-refractivity contribution in [2.24, 2.45) is 11.8 Å². The summed E-state index contributed by atoms with van der Waals surface area (Å²) in [7, 11) is 1.30. The topological polar surface area (TPSA) is 55.4 Å². The van der Waals surface area contributed by atoms with Gasteiger partial charge in [0.25, 0.3) is 0 Å². The molecule has 1 unspecified atom stereocenters. The number of carbonyl (C=O) groups excluding carboxylic acids is 2. The van der Waals surface area contributed by atoms with Crippen molar-refractivity contribution in [3.63, 3.8) is 0 Å². The van der Waals surface area contributed by atoms with E-state index >= 15 is 0 Å². The Kier molecular flexibility index (Phi) is 7.38. The Morgan fingerprint density at radius 3 is 2.40 bits per heavy atom. The molecule has 0 aliphatic carbocycles. The van der Waals surface area contributed by atoms with Gasteiger partial charge in [-0.2, -0.15) is 0 Å². The van der Waals surface area contributed by atoms with Gasteiger partial charge in [0.15, 0.2) is 0 Å². The Hall–Kier alpha value is -0.580. The van der Waals surface area contributed by atoms with Gasteiger partial charge in [-0.3, -0.25) is 4.79 Å². The zero-order valence-electron chi connectivity index (χ0n) is 9.38. The monoisotopic (exact) mass is 279 g/mol. The summed E-state index contributed by atoms with van der Waals surface area (Å²) in [6, 6.07) is 0. The molecule has 0 bridgehead atoms. The summed E-state index contributed by atoms with van der Waals surface area (Å²) in [6.07, 6.45) is 0.278. The molecule has 1 atom stereocenters. The lowest BCUT2D eigenvalue weighted by molar-refractivity contribution is -0.120. The van der Waals surface area contributed by atoms with Crippen molar-refractivity contribution in [1.29, 1.82) is 0 Å². The van der Waals surface area contributed by atoms with Crippen LogP contribution in [0, 0.1) is 11.8 Å². The van der Waals surface area contributed by atoms with Gasteiger partial charge in [0, 0.05) is 12.5 Å². The second-order valence-electron chi connectivity index (χ2n) is 3.80. The highest BCUT2D eigenvalue weighted by Crippen LogP contribution is 2.13. The van der Waals surface area contributed by atoms with Crippen molar-refractivity contribution in [3.8, 4) is 0 Å². The van der Waals surface area contributed by atoms with Crippen LogP contribution in [0.2, 0.25) is 0 Å². The summed E-state index contributed by atoms with van der Waals surface area (Å²) in [4.78, 5) is 22.4. The lowest BCUT2D eigenvalue weighted by Gasteiger charge is -2.16. The molecule has 0 saturated heterocycles. The van der Waals surface area contributed by atoms with Crippen LogP contribution < -0.4 is 5.32 Å². The number of rotatable bonds is 6. The molecule has 0 aliphatic heterocycles. The van der Waals surface area contributed by atoms with E-state index in [-0.39, 0.29) is 11.7 Å². The minimum Gasteiger partial charge on any atom is -0.453 e. The van der Waals surface area contributed by atoms with Crippen LogP contribution in [-0.2, 0) is 9.53 Å². The molecule has 0 aromatic rings. The molecular formula is C10H18BrNO3. The molecule has 0 aromatic carbocycles. The third kappa shape index (κ3) is 6.49. The van der Waals surface area contributed by atoms with Gasteiger partial charge in [0.1, 0.15) is 5.78 Å². The van der Waals surface area contributed by atoms with Crippen LogP contribution in [0.4, 0.5) is 4.79 Å². The number of ketones is 1. The molecule has 0 fully saturated rings. The van der Waals surface area contributed by atoms with Gasteiger partial charge in [0.2, 0.25) is 0 Å². The smallest absolute Gasteiger partial charge is 0.406 e. The summed E-state index contributed by atoms with van der Waals surface area (Å²) in [5.41, 5.74) is 0.